The van der Waals surface area contributed by atoms with Crippen LogP contribution in [0.15, 0.2) is 22.7 Å². The quantitative estimate of drug-likeness (QED) is 0.810. The molecule has 1 fully saturated rings. The number of aliphatic carboxylic acids is 1. The summed E-state index contributed by atoms with van der Waals surface area (Å²) >= 11 is 3.30. The Hall–Kier alpha value is -1.56. The van der Waals surface area contributed by atoms with Gasteiger partial charge in [-0.05, 0) is 18.2 Å². The van der Waals surface area contributed by atoms with E-state index in [-0.39, 0.29) is 18.9 Å². The van der Waals surface area contributed by atoms with E-state index < -0.39 is 11.9 Å². The number of benzene rings is 1. The highest BCUT2D eigenvalue weighted by atomic mass is 79.9. The second-order valence-electron chi connectivity index (χ2n) is 3.95. The van der Waals surface area contributed by atoms with Crippen LogP contribution in [0.25, 0.3) is 0 Å². The average Bonchev–Trinajstić information content (AvgIpc) is 2.64. The zero-order valence-corrected chi connectivity index (χ0v) is 10.5. The van der Waals surface area contributed by atoms with Crippen molar-refractivity contribution in [2.24, 2.45) is 5.92 Å². The number of nitrogens with zero attached hydrogens (tertiary/aromatic N) is 1. The summed E-state index contributed by atoms with van der Waals surface area (Å²) in [6, 6.07) is 5.17. The third-order valence-corrected chi connectivity index (χ3v) is 3.25. The molecule has 3 N–H and O–H groups in total. The molecule has 17 heavy (non-hydrogen) atoms. The molecule has 0 spiro atoms. The summed E-state index contributed by atoms with van der Waals surface area (Å²) in [4.78, 5) is 24.0. The molecule has 0 saturated carbocycles. The van der Waals surface area contributed by atoms with Crippen LogP contribution in [0.2, 0.25) is 0 Å². The van der Waals surface area contributed by atoms with Gasteiger partial charge < -0.3 is 15.7 Å². The molecule has 0 aliphatic carbocycles. The molecule has 6 heteroatoms. The lowest BCUT2D eigenvalue weighted by Gasteiger charge is -2.18. The van der Waals surface area contributed by atoms with E-state index in [1.807, 2.05) is 0 Å². The largest absolute Gasteiger partial charge is 0.481 e. The molecule has 0 radical (unpaired) electrons. The molecule has 2 rings (SSSR count). The minimum atomic E-state index is -0.950. The molecule has 1 aromatic carbocycles. The monoisotopic (exact) mass is 298 g/mol. The number of amides is 1. The van der Waals surface area contributed by atoms with E-state index in [9.17, 15) is 9.59 Å². The van der Waals surface area contributed by atoms with E-state index in [1.54, 1.807) is 18.2 Å². The van der Waals surface area contributed by atoms with Crippen LogP contribution < -0.4 is 10.6 Å². The predicted molar refractivity (Wildman–Crippen MR) is 66.7 cm³/mol. The topological polar surface area (TPSA) is 83.6 Å². The van der Waals surface area contributed by atoms with Crippen LogP contribution in [-0.2, 0) is 9.59 Å². The third-order valence-electron chi connectivity index (χ3n) is 2.76. The summed E-state index contributed by atoms with van der Waals surface area (Å²) in [7, 11) is 0. The lowest BCUT2D eigenvalue weighted by molar-refractivity contribution is -0.141. The second kappa shape index (κ2) is 4.37. The standard InChI is InChI=1S/C11H11BrN2O3/c12-7-1-2-8(13)9(4-7)14-5-6(11(16)17)3-10(14)15/h1-2,4,6H,3,5,13H2,(H,16,17). The number of carboxylic acid groups (broad SMARTS) is 1. The number of hydrogen-bond donors (Lipinski definition) is 2. The zero-order chi connectivity index (χ0) is 12.6. The van der Waals surface area contributed by atoms with E-state index in [4.69, 9.17) is 10.8 Å². The lowest BCUT2D eigenvalue weighted by Crippen LogP contribution is -2.26. The lowest BCUT2D eigenvalue weighted by atomic mass is 10.1. The molecule has 5 nitrogen and oxygen atoms in total. The zero-order valence-electron chi connectivity index (χ0n) is 8.89. The van der Waals surface area contributed by atoms with Gasteiger partial charge in [0, 0.05) is 17.4 Å². The number of hydrogen-bond acceptors (Lipinski definition) is 3. The fourth-order valence-corrected chi connectivity index (χ4v) is 2.21. The molecule has 1 amide bonds. The van der Waals surface area contributed by atoms with E-state index >= 15 is 0 Å². The van der Waals surface area contributed by atoms with Gasteiger partial charge in [-0.2, -0.15) is 0 Å². The summed E-state index contributed by atoms with van der Waals surface area (Å²) < 4.78 is 0.799. The van der Waals surface area contributed by atoms with Gasteiger partial charge in [-0.3, -0.25) is 9.59 Å². The van der Waals surface area contributed by atoms with Crippen LogP contribution in [0, 0.1) is 5.92 Å². The van der Waals surface area contributed by atoms with Gasteiger partial charge in [0.05, 0.1) is 17.3 Å². The minimum absolute atomic E-state index is 0.0291. The van der Waals surface area contributed by atoms with Crippen LogP contribution in [0.5, 0.6) is 0 Å². The normalized spacial score (nSPS) is 19.7. The van der Waals surface area contributed by atoms with Crippen LogP contribution in [-0.4, -0.2) is 23.5 Å². The Morgan fingerprint density at radius 2 is 2.24 bits per heavy atom. The number of nitrogens with two attached hydrogens (primary N) is 1. The molecule has 1 heterocycles. The highest BCUT2D eigenvalue weighted by molar-refractivity contribution is 9.10. The summed E-state index contributed by atoms with van der Waals surface area (Å²) in [6.07, 6.45) is 0.0291. The first-order chi connectivity index (χ1) is 7.99. The van der Waals surface area contributed by atoms with Crippen molar-refractivity contribution in [1.82, 2.24) is 0 Å². The second-order valence-corrected chi connectivity index (χ2v) is 4.86. The SMILES string of the molecule is Nc1ccc(Br)cc1N1CC(C(=O)O)CC1=O. The summed E-state index contributed by atoms with van der Waals surface area (Å²) in [5, 5.41) is 8.90. The minimum Gasteiger partial charge on any atom is -0.481 e. The highest BCUT2D eigenvalue weighted by Gasteiger charge is 2.35. The van der Waals surface area contributed by atoms with E-state index in [0.717, 1.165) is 4.47 Å². The van der Waals surface area contributed by atoms with E-state index in [2.05, 4.69) is 15.9 Å². The van der Waals surface area contributed by atoms with Crippen molar-refractivity contribution >= 4 is 39.2 Å². The first-order valence-electron chi connectivity index (χ1n) is 5.07. The van der Waals surface area contributed by atoms with Gasteiger partial charge in [-0.15, -0.1) is 0 Å². The van der Waals surface area contributed by atoms with Crippen molar-refractivity contribution in [2.45, 2.75) is 6.42 Å². The van der Waals surface area contributed by atoms with Crippen molar-refractivity contribution in [3.8, 4) is 0 Å². The molecule has 1 aliphatic rings. The first kappa shape index (κ1) is 11.9. The maximum atomic E-state index is 11.7. The number of nitrogen functional groups attached to an aromatic ring is 1. The number of anilines is 2. The van der Waals surface area contributed by atoms with Gasteiger partial charge in [-0.25, -0.2) is 0 Å². The summed E-state index contributed by atoms with van der Waals surface area (Å²) in [5.74, 6) is -1.81. The summed E-state index contributed by atoms with van der Waals surface area (Å²) in [6.45, 7) is 0.175. The van der Waals surface area contributed by atoms with Gasteiger partial charge in [0.25, 0.3) is 0 Å². The number of carboxylic acids is 1. The molecular weight excluding hydrogens is 288 g/mol. The molecule has 0 bridgehead atoms. The number of carbonyl (C=O) groups is 2. The van der Waals surface area contributed by atoms with Gasteiger partial charge in [0.15, 0.2) is 0 Å². The fraction of sp³-hybridized carbons (Fsp3) is 0.273. The van der Waals surface area contributed by atoms with Crippen molar-refractivity contribution < 1.29 is 14.7 Å². The Balaban J connectivity index is 2.32. The molecular formula is C11H11BrN2O3. The number of halogens is 1. The molecule has 1 unspecified atom stereocenters. The van der Waals surface area contributed by atoms with Crippen molar-refractivity contribution in [3.63, 3.8) is 0 Å². The molecule has 0 aromatic heterocycles. The predicted octanol–water partition coefficient (Wildman–Crippen LogP) is 1.47. The van der Waals surface area contributed by atoms with Crippen LogP contribution in [0.3, 0.4) is 0 Å². The Morgan fingerprint density at radius 1 is 1.53 bits per heavy atom. The molecule has 1 aromatic rings. The summed E-state index contributed by atoms with van der Waals surface area (Å²) in [5.41, 5.74) is 6.82. The Kier molecular flexibility index (Phi) is 3.06. The van der Waals surface area contributed by atoms with E-state index in [1.165, 1.54) is 4.90 Å². The molecule has 90 valence electrons. The van der Waals surface area contributed by atoms with Crippen LogP contribution in [0.1, 0.15) is 6.42 Å². The maximum Gasteiger partial charge on any atom is 0.308 e. The smallest absolute Gasteiger partial charge is 0.308 e. The maximum absolute atomic E-state index is 11.7. The highest BCUT2D eigenvalue weighted by Crippen LogP contribution is 2.32. The van der Waals surface area contributed by atoms with Crippen molar-refractivity contribution in [3.05, 3.63) is 22.7 Å². The van der Waals surface area contributed by atoms with Gasteiger partial charge in [0.2, 0.25) is 5.91 Å². The number of rotatable bonds is 2. The third kappa shape index (κ3) is 2.26. The van der Waals surface area contributed by atoms with Gasteiger partial charge in [-0.1, -0.05) is 15.9 Å². The van der Waals surface area contributed by atoms with Gasteiger partial charge in [0.1, 0.15) is 0 Å². The van der Waals surface area contributed by atoms with Gasteiger partial charge >= 0.3 is 5.97 Å². The Bertz CT molecular complexity index is 490. The Labute approximate surface area is 106 Å². The fourth-order valence-electron chi connectivity index (χ4n) is 1.86. The Morgan fingerprint density at radius 3 is 2.82 bits per heavy atom. The van der Waals surface area contributed by atoms with Crippen molar-refractivity contribution in [2.75, 3.05) is 17.2 Å². The molecule has 1 atom stereocenters. The van der Waals surface area contributed by atoms with Crippen LogP contribution >= 0.6 is 15.9 Å². The first-order valence-corrected chi connectivity index (χ1v) is 5.86. The van der Waals surface area contributed by atoms with Crippen LogP contribution in [0.4, 0.5) is 11.4 Å². The van der Waals surface area contributed by atoms with Crippen molar-refractivity contribution in [1.29, 1.82) is 0 Å². The van der Waals surface area contributed by atoms with E-state index in [0.29, 0.717) is 11.4 Å². The average molecular weight is 299 g/mol. The molecule has 1 aliphatic heterocycles. The number of carbonyl (C=O) groups excluding carboxylic acids is 1. The molecule has 1 saturated heterocycles.